The molecule has 2 nitrogen and oxygen atoms in total. The van der Waals surface area contributed by atoms with Gasteiger partial charge < -0.3 is 4.74 Å². The van der Waals surface area contributed by atoms with Crippen molar-refractivity contribution >= 4 is 5.97 Å². The van der Waals surface area contributed by atoms with Crippen LogP contribution in [-0.2, 0) is 9.53 Å². The zero-order valence-electron chi connectivity index (χ0n) is 9.43. The van der Waals surface area contributed by atoms with E-state index in [1.165, 1.54) is 12.8 Å². The molecule has 0 aromatic carbocycles. The number of hydrogen-bond acceptors (Lipinski definition) is 2. The first kappa shape index (κ1) is 10.0. The first-order valence-electron chi connectivity index (χ1n) is 5.72. The summed E-state index contributed by atoms with van der Waals surface area (Å²) in [5.74, 6) is 0.459. The van der Waals surface area contributed by atoms with Gasteiger partial charge in [0.25, 0.3) is 0 Å². The van der Waals surface area contributed by atoms with Crippen molar-refractivity contribution in [1.29, 1.82) is 0 Å². The average Bonchev–Trinajstić information content (AvgIpc) is 2.42. The third kappa shape index (κ3) is 1.27. The van der Waals surface area contributed by atoms with E-state index in [-0.39, 0.29) is 11.6 Å². The summed E-state index contributed by atoms with van der Waals surface area (Å²) in [5.41, 5.74) is 0.166. The molecule has 2 rings (SSSR count). The lowest BCUT2D eigenvalue weighted by Gasteiger charge is -2.46. The molecule has 3 atom stereocenters. The third-order valence-electron chi connectivity index (χ3n) is 4.52. The van der Waals surface area contributed by atoms with Crippen molar-refractivity contribution in [2.24, 2.45) is 11.3 Å². The monoisotopic (exact) mass is 196 g/mol. The summed E-state index contributed by atoms with van der Waals surface area (Å²) in [4.78, 5) is 11.4. The van der Waals surface area contributed by atoms with Crippen LogP contribution in [0.15, 0.2) is 0 Å². The van der Waals surface area contributed by atoms with Gasteiger partial charge in [-0.25, -0.2) is 0 Å². The predicted molar refractivity (Wildman–Crippen MR) is 54.9 cm³/mol. The Morgan fingerprint density at radius 3 is 2.79 bits per heavy atom. The summed E-state index contributed by atoms with van der Waals surface area (Å²) in [6.45, 7) is 6.67. The van der Waals surface area contributed by atoms with Crippen molar-refractivity contribution in [3.63, 3.8) is 0 Å². The van der Waals surface area contributed by atoms with Crippen LogP contribution >= 0.6 is 0 Å². The summed E-state index contributed by atoms with van der Waals surface area (Å²) in [5, 5.41) is 0. The molecule has 1 aliphatic heterocycles. The van der Waals surface area contributed by atoms with E-state index in [2.05, 4.69) is 20.8 Å². The van der Waals surface area contributed by atoms with Gasteiger partial charge in [-0.3, -0.25) is 4.79 Å². The van der Waals surface area contributed by atoms with Gasteiger partial charge >= 0.3 is 5.97 Å². The summed E-state index contributed by atoms with van der Waals surface area (Å²) in [7, 11) is 0. The highest BCUT2D eigenvalue weighted by molar-refractivity contribution is 5.73. The van der Waals surface area contributed by atoms with E-state index < -0.39 is 0 Å². The molecule has 0 amide bonds. The predicted octanol–water partition coefficient (Wildman–Crippen LogP) is 2.91. The minimum atomic E-state index is -0.153. The highest BCUT2D eigenvalue weighted by Gasteiger charge is 2.55. The van der Waals surface area contributed by atoms with Crippen LogP contribution in [0.4, 0.5) is 0 Å². The molecule has 0 aromatic heterocycles. The fraction of sp³-hybridized carbons (Fsp3) is 0.917. The van der Waals surface area contributed by atoms with Gasteiger partial charge in [0, 0.05) is 5.92 Å². The van der Waals surface area contributed by atoms with Crippen molar-refractivity contribution in [3.05, 3.63) is 0 Å². The maximum Gasteiger partial charge on any atom is 0.306 e. The molecule has 80 valence electrons. The van der Waals surface area contributed by atoms with Gasteiger partial charge in [-0.1, -0.05) is 20.3 Å². The van der Waals surface area contributed by atoms with E-state index in [9.17, 15) is 4.79 Å². The van der Waals surface area contributed by atoms with Crippen LogP contribution in [0.25, 0.3) is 0 Å². The van der Waals surface area contributed by atoms with Crippen molar-refractivity contribution in [2.75, 3.05) is 0 Å². The fourth-order valence-electron chi connectivity index (χ4n) is 3.40. The third-order valence-corrected chi connectivity index (χ3v) is 4.52. The SMILES string of the molecule is CC[C@]1(C)CCC[C@]2(C)OC(=O)C[C@@H]12. The quantitative estimate of drug-likeness (QED) is 0.603. The Hall–Kier alpha value is -0.530. The number of ether oxygens (including phenoxy) is 1. The van der Waals surface area contributed by atoms with Gasteiger partial charge in [-0.15, -0.1) is 0 Å². The first-order chi connectivity index (χ1) is 6.50. The van der Waals surface area contributed by atoms with E-state index in [1.807, 2.05) is 0 Å². The molecule has 0 unspecified atom stereocenters. The number of fused-ring (bicyclic) bond motifs is 1. The molecule has 0 radical (unpaired) electrons. The number of hydrogen-bond donors (Lipinski definition) is 0. The smallest absolute Gasteiger partial charge is 0.306 e. The highest BCUT2D eigenvalue weighted by atomic mass is 16.6. The minimum absolute atomic E-state index is 0.0130. The molecular weight excluding hydrogens is 176 g/mol. The fourth-order valence-corrected chi connectivity index (χ4v) is 3.40. The van der Waals surface area contributed by atoms with Gasteiger partial charge in [0.15, 0.2) is 0 Å². The lowest BCUT2D eigenvalue weighted by atomic mass is 9.60. The molecular formula is C12H20O2. The molecule has 1 heterocycles. The van der Waals surface area contributed by atoms with Gasteiger partial charge in [0.05, 0.1) is 6.42 Å². The topological polar surface area (TPSA) is 26.3 Å². The molecule has 2 heteroatoms. The molecule has 1 aliphatic carbocycles. The van der Waals surface area contributed by atoms with Gasteiger partial charge in [0.1, 0.15) is 5.60 Å². The van der Waals surface area contributed by atoms with Crippen LogP contribution in [0.1, 0.15) is 52.9 Å². The normalized spacial score (nSPS) is 47.4. The Morgan fingerprint density at radius 2 is 2.14 bits per heavy atom. The molecule has 2 aliphatic rings. The van der Waals surface area contributed by atoms with Crippen molar-refractivity contribution in [2.45, 2.75) is 58.5 Å². The molecule has 0 spiro atoms. The molecule has 0 aromatic rings. The summed E-state index contributed by atoms with van der Waals surface area (Å²) >= 11 is 0. The Balaban J connectivity index is 2.30. The first-order valence-corrected chi connectivity index (χ1v) is 5.72. The Bertz CT molecular complexity index is 261. The Morgan fingerprint density at radius 1 is 1.43 bits per heavy atom. The molecule has 0 bridgehead atoms. The Kier molecular flexibility index (Phi) is 2.13. The maximum absolute atomic E-state index is 11.4. The van der Waals surface area contributed by atoms with E-state index >= 15 is 0 Å². The zero-order valence-corrected chi connectivity index (χ0v) is 9.43. The molecule has 14 heavy (non-hydrogen) atoms. The van der Waals surface area contributed by atoms with Crippen LogP contribution in [0.5, 0.6) is 0 Å². The van der Waals surface area contributed by atoms with Gasteiger partial charge in [-0.05, 0) is 31.6 Å². The van der Waals surface area contributed by atoms with E-state index in [1.54, 1.807) is 0 Å². The lowest BCUT2D eigenvalue weighted by Crippen LogP contribution is -2.45. The number of rotatable bonds is 1. The minimum Gasteiger partial charge on any atom is -0.459 e. The van der Waals surface area contributed by atoms with Crippen molar-refractivity contribution < 1.29 is 9.53 Å². The van der Waals surface area contributed by atoms with Crippen LogP contribution in [-0.4, -0.2) is 11.6 Å². The van der Waals surface area contributed by atoms with Crippen LogP contribution in [0.3, 0.4) is 0 Å². The van der Waals surface area contributed by atoms with E-state index in [0.29, 0.717) is 17.8 Å². The van der Waals surface area contributed by atoms with Crippen molar-refractivity contribution in [1.82, 2.24) is 0 Å². The van der Waals surface area contributed by atoms with E-state index in [0.717, 1.165) is 12.8 Å². The lowest BCUT2D eigenvalue weighted by molar-refractivity contribution is -0.152. The molecule has 2 fully saturated rings. The zero-order chi connectivity index (χ0) is 10.4. The molecule has 0 N–H and O–H groups in total. The molecule has 1 saturated carbocycles. The van der Waals surface area contributed by atoms with Gasteiger partial charge in [-0.2, -0.15) is 0 Å². The second-order valence-corrected chi connectivity index (χ2v) is 5.40. The van der Waals surface area contributed by atoms with Gasteiger partial charge in [0.2, 0.25) is 0 Å². The Labute approximate surface area is 86.0 Å². The van der Waals surface area contributed by atoms with Crippen LogP contribution in [0, 0.1) is 11.3 Å². The standard InChI is InChI=1S/C12H20O2/c1-4-11(2)6-5-7-12(3)9(11)8-10(13)14-12/h9H,4-8H2,1-3H3/t9-,11+,12-/m0/s1. The largest absolute Gasteiger partial charge is 0.459 e. The number of carbonyl (C=O) groups excluding carboxylic acids is 1. The number of carbonyl (C=O) groups is 1. The second kappa shape index (κ2) is 2.98. The maximum atomic E-state index is 11.4. The van der Waals surface area contributed by atoms with Crippen LogP contribution in [0.2, 0.25) is 0 Å². The second-order valence-electron chi connectivity index (χ2n) is 5.40. The average molecular weight is 196 g/mol. The van der Waals surface area contributed by atoms with Crippen LogP contribution < -0.4 is 0 Å². The van der Waals surface area contributed by atoms with E-state index in [4.69, 9.17) is 4.74 Å². The van der Waals surface area contributed by atoms with Crippen molar-refractivity contribution in [3.8, 4) is 0 Å². The molecule has 1 saturated heterocycles. The summed E-state index contributed by atoms with van der Waals surface area (Å²) in [6, 6.07) is 0. The summed E-state index contributed by atoms with van der Waals surface area (Å²) < 4.78 is 5.51. The highest BCUT2D eigenvalue weighted by Crippen LogP contribution is 2.54. The summed E-state index contributed by atoms with van der Waals surface area (Å²) in [6.07, 6.45) is 5.30. The number of esters is 1.